The molecular formula is C20H22ClF3N2O. The molecule has 3 N–H and O–H groups in total. The van der Waals surface area contributed by atoms with Crippen LogP contribution in [0.2, 0.25) is 0 Å². The summed E-state index contributed by atoms with van der Waals surface area (Å²) in [4.78, 5) is 3.80. The van der Waals surface area contributed by atoms with Crippen LogP contribution < -0.4 is 5.73 Å². The minimum absolute atomic E-state index is 0. The number of nitrogens with zero attached hydrogens (tertiary/aromatic N) is 1. The van der Waals surface area contributed by atoms with E-state index in [1.54, 1.807) is 44.2 Å². The van der Waals surface area contributed by atoms with Crippen molar-refractivity contribution in [2.75, 3.05) is 5.73 Å². The van der Waals surface area contributed by atoms with Gasteiger partial charge in [0.05, 0.1) is 17.4 Å². The van der Waals surface area contributed by atoms with Gasteiger partial charge >= 0.3 is 6.18 Å². The Labute approximate surface area is 163 Å². The highest BCUT2D eigenvalue weighted by Crippen LogP contribution is 2.42. The van der Waals surface area contributed by atoms with Crippen molar-refractivity contribution in [3.8, 4) is 11.8 Å². The number of anilines is 1. The highest BCUT2D eigenvalue weighted by Gasteiger charge is 2.55. The topological polar surface area (TPSA) is 59.1 Å². The molecule has 2 rings (SSSR count). The molecule has 1 aromatic carbocycles. The van der Waals surface area contributed by atoms with Crippen LogP contribution in [-0.2, 0) is 5.41 Å². The summed E-state index contributed by atoms with van der Waals surface area (Å²) in [6.07, 6.45) is -3.23. The Morgan fingerprint density at radius 2 is 1.74 bits per heavy atom. The van der Waals surface area contributed by atoms with E-state index in [2.05, 4.69) is 16.8 Å². The quantitative estimate of drug-likeness (QED) is 0.746. The third-order valence-corrected chi connectivity index (χ3v) is 4.27. The Morgan fingerprint density at radius 3 is 2.30 bits per heavy atom. The van der Waals surface area contributed by atoms with Crippen LogP contribution in [0.3, 0.4) is 0 Å². The van der Waals surface area contributed by atoms with Crippen molar-refractivity contribution in [1.29, 1.82) is 0 Å². The van der Waals surface area contributed by atoms with Crippen LogP contribution in [0, 0.1) is 11.8 Å². The zero-order valence-electron chi connectivity index (χ0n) is 15.0. The minimum atomic E-state index is -4.81. The van der Waals surface area contributed by atoms with Gasteiger partial charge in [-0.25, -0.2) is 0 Å². The van der Waals surface area contributed by atoms with Crippen LogP contribution in [0.25, 0.3) is 0 Å². The third-order valence-electron chi connectivity index (χ3n) is 4.27. The van der Waals surface area contributed by atoms with E-state index in [9.17, 15) is 18.3 Å². The van der Waals surface area contributed by atoms with Gasteiger partial charge in [0, 0.05) is 12.6 Å². The minimum Gasteiger partial charge on any atom is -0.396 e. The number of aliphatic hydroxyl groups is 1. The molecule has 0 saturated heterocycles. The van der Waals surface area contributed by atoms with Crippen molar-refractivity contribution >= 4 is 18.1 Å². The predicted octanol–water partition coefficient (Wildman–Crippen LogP) is 4.49. The van der Waals surface area contributed by atoms with E-state index in [-0.39, 0.29) is 18.1 Å². The van der Waals surface area contributed by atoms with Crippen LogP contribution in [0.4, 0.5) is 18.9 Å². The maximum absolute atomic E-state index is 13.6. The number of benzene rings is 1. The van der Waals surface area contributed by atoms with Gasteiger partial charge in [-0.05, 0) is 23.5 Å². The lowest BCUT2D eigenvalue weighted by molar-refractivity contribution is -0.264. The lowest BCUT2D eigenvalue weighted by Crippen LogP contribution is -2.48. The van der Waals surface area contributed by atoms with Gasteiger partial charge in [-0.1, -0.05) is 56.0 Å². The van der Waals surface area contributed by atoms with Crippen molar-refractivity contribution in [2.24, 2.45) is 0 Å². The molecular weight excluding hydrogens is 377 g/mol. The average Bonchev–Trinajstić information content (AvgIpc) is 2.56. The Kier molecular flexibility index (Phi) is 7.30. The van der Waals surface area contributed by atoms with Crippen molar-refractivity contribution in [3.63, 3.8) is 0 Å². The lowest BCUT2D eigenvalue weighted by Gasteiger charge is -2.37. The van der Waals surface area contributed by atoms with E-state index in [1.807, 2.05) is 0 Å². The van der Waals surface area contributed by atoms with Crippen LogP contribution in [0.15, 0.2) is 48.8 Å². The second-order valence-electron chi connectivity index (χ2n) is 6.90. The van der Waals surface area contributed by atoms with E-state index in [4.69, 9.17) is 5.73 Å². The summed E-state index contributed by atoms with van der Waals surface area (Å²) in [6.45, 7) is 3.35. The van der Waals surface area contributed by atoms with Gasteiger partial charge in [-0.3, -0.25) is 4.98 Å². The van der Waals surface area contributed by atoms with Gasteiger partial charge in [0.15, 0.2) is 5.60 Å². The van der Waals surface area contributed by atoms with Crippen LogP contribution >= 0.6 is 12.4 Å². The molecule has 3 nitrogen and oxygen atoms in total. The zero-order chi connectivity index (χ0) is 19.4. The molecule has 0 bridgehead atoms. The molecule has 1 heterocycles. The predicted molar refractivity (Wildman–Crippen MR) is 102 cm³/mol. The Balaban J connectivity index is 0.00000364. The normalized spacial score (nSPS) is 13.7. The van der Waals surface area contributed by atoms with Crippen molar-refractivity contribution in [2.45, 2.75) is 43.9 Å². The first kappa shape index (κ1) is 22.8. The highest BCUT2D eigenvalue weighted by atomic mass is 35.5. The molecule has 0 fully saturated rings. The maximum atomic E-state index is 13.6. The van der Waals surface area contributed by atoms with Crippen LogP contribution in [-0.4, -0.2) is 21.9 Å². The van der Waals surface area contributed by atoms with Crippen molar-refractivity contribution < 1.29 is 18.3 Å². The summed E-state index contributed by atoms with van der Waals surface area (Å²) in [7, 11) is 0. The second-order valence-corrected chi connectivity index (χ2v) is 6.90. The van der Waals surface area contributed by atoms with Crippen molar-refractivity contribution in [1.82, 2.24) is 4.98 Å². The summed E-state index contributed by atoms with van der Waals surface area (Å²) in [5.41, 5.74) is 3.24. The molecule has 146 valence electrons. The lowest BCUT2D eigenvalue weighted by atomic mass is 9.74. The molecule has 0 aliphatic rings. The van der Waals surface area contributed by atoms with Gasteiger partial charge in [0.25, 0.3) is 0 Å². The number of hydrogen-bond donors (Lipinski definition) is 2. The fourth-order valence-corrected chi connectivity index (χ4v) is 2.79. The van der Waals surface area contributed by atoms with Gasteiger partial charge in [-0.2, -0.15) is 13.2 Å². The number of hydrogen-bond acceptors (Lipinski definition) is 3. The highest BCUT2D eigenvalue weighted by molar-refractivity contribution is 5.85. The molecule has 2 aromatic rings. The average molecular weight is 399 g/mol. The fraction of sp³-hybridized carbons (Fsp3) is 0.350. The number of aromatic nitrogens is 1. The van der Waals surface area contributed by atoms with E-state index in [1.165, 1.54) is 18.5 Å². The van der Waals surface area contributed by atoms with Crippen LogP contribution in [0.1, 0.15) is 37.8 Å². The van der Waals surface area contributed by atoms with Crippen LogP contribution in [0.5, 0.6) is 0 Å². The number of nitrogen functional groups attached to an aromatic ring is 1. The SMILES string of the molecule is CC(C)(CC(O)(CC#Cc1ccncc1N)C(F)(F)F)c1ccccc1.Cl. The second kappa shape index (κ2) is 8.64. The number of halogens is 4. The monoisotopic (exact) mass is 398 g/mol. The molecule has 1 atom stereocenters. The van der Waals surface area contributed by atoms with E-state index < -0.39 is 30.0 Å². The number of rotatable bonds is 4. The first-order valence-corrected chi connectivity index (χ1v) is 8.08. The maximum Gasteiger partial charge on any atom is 0.418 e. The smallest absolute Gasteiger partial charge is 0.396 e. The molecule has 0 amide bonds. The molecule has 0 saturated carbocycles. The molecule has 27 heavy (non-hydrogen) atoms. The Morgan fingerprint density at radius 1 is 1.11 bits per heavy atom. The van der Waals surface area contributed by atoms with Gasteiger partial charge in [-0.15, -0.1) is 12.4 Å². The first-order valence-electron chi connectivity index (χ1n) is 8.08. The van der Waals surface area contributed by atoms with Gasteiger partial charge in [0.1, 0.15) is 0 Å². The molecule has 0 aliphatic heterocycles. The van der Waals surface area contributed by atoms with E-state index in [0.717, 1.165) is 0 Å². The summed E-state index contributed by atoms with van der Waals surface area (Å²) in [6, 6.07) is 10.3. The fourth-order valence-electron chi connectivity index (χ4n) is 2.79. The van der Waals surface area contributed by atoms with Crippen molar-refractivity contribution in [3.05, 3.63) is 59.9 Å². The molecule has 1 unspecified atom stereocenters. The van der Waals surface area contributed by atoms with E-state index in [0.29, 0.717) is 11.1 Å². The number of pyridine rings is 1. The van der Waals surface area contributed by atoms with E-state index >= 15 is 0 Å². The largest absolute Gasteiger partial charge is 0.418 e. The first-order chi connectivity index (χ1) is 12.1. The standard InChI is InChI=1S/C20H21F3N2O.ClH/c1-18(2,16-8-4-3-5-9-16)14-19(26,20(21,22)23)11-6-7-15-10-12-25-13-17(15)24;/h3-5,8-10,12-13,26H,11,14,24H2,1-2H3;1H. The molecule has 7 heteroatoms. The number of nitrogens with two attached hydrogens (primary N) is 1. The summed E-state index contributed by atoms with van der Waals surface area (Å²) in [5, 5.41) is 10.4. The Bertz CT molecular complexity index is 813. The number of alkyl halides is 3. The summed E-state index contributed by atoms with van der Waals surface area (Å²) >= 11 is 0. The molecule has 0 spiro atoms. The third kappa shape index (κ3) is 5.62. The van der Waals surface area contributed by atoms with Gasteiger partial charge in [0.2, 0.25) is 0 Å². The zero-order valence-corrected chi connectivity index (χ0v) is 15.9. The molecule has 0 radical (unpaired) electrons. The molecule has 0 aliphatic carbocycles. The summed E-state index contributed by atoms with van der Waals surface area (Å²) < 4.78 is 40.8. The summed E-state index contributed by atoms with van der Waals surface area (Å²) in [5.74, 6) is 5.03. The molecule has 1 aromatic heterocycles. The Hall–Kier alpha value is -2.23. The van der Waals surface area contributed by atoms with Gasteiger partial charge < -0.3 is 10.8 Å².